The van der Waals surface area contributed by atoms with E-state index in [1.165, 1.54) is 0 Å². The van der Waals surface area contributed by atoms with Gasteiger partial charge in [-0.1, -0.05) is 12.1 Å². The van der Waals surface area contributed by atoms with Crippen LogP contribution in [0, 0.1) is 6.92 Å². The Morgan fingerprint density at radius 2 is 2.00 bits per heavy atom. The zero-order valence-electron chi connectivity index (χ0n) is 13.7. The van der Waals surface area contributed by atoms with Gasteiger partial charge in [-0.15, -0.1) is 11.3 Å². The van der Waals surface area contributed by atoms with Gasteiger partial charge in [0, 0.05) is 35.9 Å². The number of nitrogens with zero attached hydrogens (tertiary/aromatic N) is 2. The molecule has 1 amide bonds. The van der Waals surface area contributed by atoms with Crippen molar-refractivity contribution in [3.05, 3.63) is 40.2 Å². The van der Waals surface area contributed by atoms with Crippen molar-refractivity contribution in [1.29, 1.82) is 0 Å². The van der Waals surface area contributed by atoms with Crippen LogP contribution in [0.1, 0.15) is 47.5 Å². The number of Topliss-reactive ketones (excluding diaryl/α,β-unsaturated/α-hetero) is 1. The molecule has 1 aromatic heterocycles. The highest BCUT2D eigenvalue weighted by molar-refractivity contribution is 7.09. The van der Waals surface area contributed by atoms with E-state index >= 15 is 0 Å². The van der Waals surface area contributed by atoms with E-state index in [0.717, 1.165) is 35.5 Å². The Morgan fingerprint density at radius 3 is 2.58 bits per heavy atom. The minimum atomic E-state index is -0.197. The van der Waals surface area contributed by atoms with Crippen molar-refractivity contribution >= 4 is 23.0 Å². The van der Waals surface area contributed by atoms with Crippen molar-refractivity contribution in [2.24, 2.45) is 0 Å². The SMILES string of the molecule is Cc1nc(-c2ccc(C(=O)N3CCC(=O)CC34CCC4)cc2)cs1. The minimum Gasteiger partial charge on any atom is -0.332 e. The van der Waals surface area contributed by atoms with Crippen LogP contribution in [0.4, 0.5) is 0 Å². The average Bonchev–Trinajstić information content (AvgIpc) is 2.99. The van der Waals surface area contributed by atoms with Crippen LogP contribution in [0.2, 0.25) is 0 Å². The van der Waals surface area contributed by atoms with Gasteiger partial charge in [0.05, 0.1) is 16.2 Å². The van der Waals surface area contributed by atoms with Gasteiger partial charge < -0.3 is 4.90 Å². The maximum Gasteiger partial charge on any atom is 0.254 e. The van der Waals surface area contributed by atoms with E-state index in [9.17, 15) is 9.59 Å². The highest BCUT2D eigenvalue weighted by Crippen LogP contribution is 2.44. The molecular weight excluding hydrogens is 320 g/mol. The first-order chi connectivity index (χ1) is 11.6. The first kappa shape index (κ1) is 15.5. The smallest absolute Gasteiger partial charge is 0.254 e. The summed E-state index contributed by atoms with van der Waals surface area (Å²) < 4.78 is 0. The number of ketones is 1. The Kier molecular flexibility index (Phi) is 3.76. The van der Waals surface area contributed by atoms with E-state index < -0.39 is 0 Å². The molecule has 0 N–H and O–H groups in total. The molecule has 1 aliphatic heterocycles. The van der Waals surface area contributed by atoms with Crippen LogP contribution < -0.4 is 0 Å². The Labute approximate surface area is 145 Å². The van der Waals surface area contributed by atoms with Gasteiger partial charge >= 0.3 is 0 Å². The lowest BCUT2D eigenvalue weighted by Crippen LogP contribution is -2.60. The summed E-state index contributed by atoms with van der Waals surface area (Å²) in [6, 6.07) is 7.69. The van der Waals surface area contributed by atoms with Gasteiger partial charge in [0.15, 0.2) is 0 Å². The summed E-state index contributed by atoms with van der Waals surface area (Å²) >= 11 is 1.62. The van der Waals surface area contributed by atoms with Gasteiger partial charge in [-0.3, -0.25) is 9.59 Å². The van der Waals surface area contributed by atoms with E-state index in [4.69, 9.17) is 0 Å². The molecule has 2 heterocycles. The van der Waals surface area contributed by atoms with Crippen LogP contribution in [0.15, 0.2) is 29.6 Å². The predicted octanol–water partition coefficient (Wildman–Crippen LogP) is 3.85. The molecule has 1 aliphatic carbocycles. The summed E-state index contributed by atoms with van der Waals surface area (Å²) in [5.41, 5.74) is 2.49. The van der Waals surface area contributed by atoms with Gasteiger partial charge in [-0.05, 0) is 38.3 Å². The van der Waals surface area contributed by atoms with Crippen LogP contribution in [0.5, 0.6) is 0 Å². The monoisotopic (exact) mass is 340 g/mol. The third-order valence-corrected chi connectivity index (χ3v) is 6.06. The fraction of sp³-hybridized carbons (Fsp3) is 0.421. The molecule has 1 spiro atoms. The van der Waals surface area contributed by atoms with Gasteiger partial charge in [-0.2, -0.15) is 0 Å². The number of hydrogen-bond acceptors (Lipinski definition) is 4. The molecule has 124 valence electrons. The lowest BCUT2D eigenvalue weighted by atomic mass is 9.69. The molecule has 1 saturated heterocycles. The molecule has 1 aromatic carbocycles. The second kappa shape index (κ2) is 5.81. The number of likely N-dealkylation sites (tertiary alicyclic amines) is 1. The van der Waals surface area contributed by atoms with Crippen molar-refractivity contribution in [3.8, 4) is 11.3 Å². The topological polar surface area (TPSA) is 50.3 Å². The number of hydrogen-bond donors (Lipinski definition) is 0. The maximum absolute atomic E-state index is 13.0. The first-order valence-corrected chi connectivity index (χ1v) is 9.32. The minimum absolute atomic E-state index is 0.0585. The second-order valence-corrected chi connectivity index (χ2v) is 7.89. The summed E-state index contributed by atoms with van der Waals surface area (Å²) in [6.07, 6.45) is 4.05. The average molecular weight is 340 g/mol. The Balaban J connectivity index is 1.57. The number of aryl methyl sites for hydroxylation is 1. The number of aromatic nitrogens is 1. The first-order valence-electron chi connectivity index (χ1n) is 8.44. The highest BCUT2D eigenvalue weighted by Gasteiger charge is 2.48. The van der Waals surface area contributed by atoms with Crippen LogP contribution in [0.3, 0.4) is 0 Å². The quantitative estimate of drug-likeness (QED) is 0.834. The molecule has 24 heavy (non-hydrogen) atoms. The van der Waals surface area contributed by atoms with E-state index in [1.807, 2.05) is 41.5 Å². The molecule has 2 fully saturated rings. The largest absolute Gasteiger partial charge is 0.332 e. The zero-order chi connectivity index (χ0) is 16.7. The third-order valence-electron chi connectivity index (χ3n) is 5.29. The number of carbonyl (C=O) groups excluding carboxylic acids is 2. The lowest BCUT2D eigenvalue weighted by Gasteiger charge is -2.52. The Morgan fingerprint density at radius 1 is 1.25 bits per heavy atom. The van der Waals surface area contributed by atoms with Crippen molar-refractivity contribution in [2.75, 3.05) is 6.54 Å². The molecular formula is C19H20N2O2S. The third kappa shape index (κ3) is 2.57. The lowest BCUT2D eigenvalue weighted by molar-refractivity contribution is -0.128. The van der Waals surface area contributed by atoms with E-state index in [0.29, 0.717) is 30.7 Å². The van der Waals surface area contributed by atoms with E-state index in [-0.39, 0.29) is 11.4 Å². The molecule has 1 saturated carbocycles. The van der Waals surface area contributed by atoms with Crippen molar-refractivity contribution in [1.82, 2.24) is 9.88 Å². The van der Waals surface area contributed by atoms with Gasteiger partial charge in [0.1, 0.15) is 5.78 Å². The normalized spacial score (nSPS) is 19.4. The molecule has 5 heteroatoms. The summed E-state index contributed by atoms with van der Waals surface area (Å²) in [7, 11) is 0. The van der Waals surface area contributed by atoms with Crippen LogP contribution in [0.25, 0.3) is 11.3 Å². The van der Waals surface area contributed by atoms with E-state index in [1.54, 1.807) is 11.3 Å². The Hall–Kier alpha value is -2.01. The van der Waals surface area contributed by atoms with Crippen LogP contribution in [-0.2, 0) is 4.79 Å². The van der Waals surface area contributed by atoms with Crippen molar-refractivity contribution in [2.45, 2.75) is 44.6 Å². The predicted molar refractivity (Wildman–Crippen MR) is 94.1 cm³/mol. The van der Waals surface area contributed by atoms with Crippen molar-refractivity contribution < 1.29 is 9.59 Å². The van der Waals surface area contributed by atoms with Crippen molar-refractivity contribution in [3.63, 3.8) is 0 Å². The number of amides is 1. The Bertz CT molecular complexity index is 790. The second-order valence-electron chi connectivity index (χ2n) is 6.83. The summed E-state index contributed by atoms with van der Waals surface area (Å²) in [5.74, 6) is 0.358. The molecule has 0 bridgehead atoms. The van der Waals surface area contributed by atoms with Gasteiger partial charge in [0.2, 0.25) is 0 Å². The van der Waals surface area contributed by atoms with Crippen LogP contribution in [-0.4, -0.2) is 33.7 Å². The van der Waals surface area contributed by atoms with Gasteiger partial charge in [0.25, 0.3) is 5.91 Å². The maximum atomic E-state index is 13.0. The standard InChI is InChI=1S/C19H20N2O2S/c1-13-20-17(12-24-13)14-3-5-15(6-4-14)18(23)21-10-7-16(22)11-19(21)8-2-9-19/h3-6,12H,2,7-11H2,1H3. The number of rotatable bonds is 2. The number of benzene rings is 1. The number of piperidine rings is 1. The molecule has 2 aliphatic rings. The molecule has 4 nitrogen and oxygen atoms in total. The van der Waals surface area contributed by atoms with E-state index in [2.05, 4.69) is 4.98 Å². The molecule has 4 rings (SSSR count). The number of thiazole rings is 1. The molecule has 0 atom stereocenters. The summed E-state index contributed by atoms with van der Waals surface area (Å²) in [6.45, 7) is 2.55. The number of carbonyl (C=O) groups is 2. The van der Waals surface area contributed by atoms with Gasteiger partial charge in [-0.25, -0.2) is 4.98 Å². The molecule has 2 aromatic rings. The molecule has 0 radical (unpaired) electrons. The highest BCUT2D eigenvalue weighted by atomic mass is 32.1. The summed E-state index contributed by atoms with van der Waals surface area (Å²) in [5, 5.41) is 3.07. The fourth-order valence-electron chi connectivity index (χ4n) is 3.81. The molecule has 0 unspecified atom stereocenters. The summed E-state index contributed by atoms with van der Waals surface area (Å²) in [4.78, 5) is 31.2. The fourth-order valence-corrected chi connectivity index (χ4v) is 4.43. The van der Waals surface area contributed by atoms with Crippen LogP contribution >= 0.6 is 11.3 Å². The zero-order valence-corrected chi connectivity index (χ0v) is 14.6.